The van der Waals surface area contributed by atoms with E-state index in [4.69, 9.17) is 5.73 Å². The molecule has 0 atom stereocenters. The first-order valence-corrected chi connectivity index (χ1v) is 7.08. The van der Waals surface area contributed by atoms with Crippen molar-refractivity contribution in [1.82, 2.24) is 19.7 Å². The minimum atomic E-state index is 0.636. The molecule has 3 aromatic heterocycles. The Labute approximate surface area is 127 Å². The first kappa shape index (κ1) is 12.6. The van der Waals surface area contributed by atoms with Crippen LogP contribution in [0.4, 0.5) is 5.82 Å². The quantitative estimate of drug-likeness (QED) is 0.594. The van der Waals surface area contributed by atoms with E-state index >= 15 is 0 Å². The van der Waals surface area contributed by atoms with Crippen LogP contribution in [0.5, 0.6) is 0 Å². The van der Waals surface area contributed by atoms with E-state index in [0.717, 1.165) is 33.5 Å². The molecule has 0 radical (unpaired) electrons. The summed E-state index contributed by atoms with van der Waals surface area (Å²) in [4.78, 5) is 7.46. The maximum absolute atomic E-state index is 6.40. The third kappa shape index (κ3) is 1.79. The summed E-state index contributed by atoms with van der Waals surface area (Å²) in [6, 6.07) is 13.9. The van der Waals surface area contributed by atoms with Gasteiger partial charge in [-0.05, 0) is 36.8 Å². The van der Waals surface area contributed by atoms with Gasteiger partial charge in [0, 0.05) is 23.3 Å². The molecule has 0 unspecified atom stereocenters. The van der Waals surface area contributed by atoms with Gasteiger partial charge in [-0.1, -0.05) is 18.2 Å². The van der Waals surface area contributed by atoms with Crippen LogP contribution in [0.25, 0.3) is 27.8 Å². The van der Waals surface area contributed by atoms with Crippen LogP contribution in [0.15, 0.2) is 54.9 Å². The lowest BCUT2D eigenvalue weighted by atomic mass is 10.0. The Bertz CT molecular complexity index is 950. The lowest BCUT2D eigenvalue weighted by Gasteiger charge is -2.06. The van der Waals surface area contributed by atoms with Crippen LogP contribution in [-0.4, -0.2) is 19.7 Å². The number of rotatable bonds is 2. The highest BCUT2D eigenvalue weighted by Crippen LogP contribution is 2.34. The predicted molar refractivity (Wildman–Crippen MR) is 87.8 cm³/mol. The summed E-state index contributed by atoms with van der Waals surface area (Å²) in [6.07, 6.45) is 3.67. The third-order valence-electron chi connectivity index (χ3n) is 3.83. The summed E-state index contributed by atoms with van der Waals surface area (Å²) in [5.74, 6) is 0.636. The number of hydrogen-bond acceptors (Lipinski definition) is 3. The molecule has 0 saturated carbocycles. The van der Waals surface area contributed by atoms with Crippen molar-refractivity contribution in [2.45, 2.75) is 6.92 Å². The van der Waals surface area contributed by atoms with Gasteiger partial charge in [-0.2, -0.15) is 5.10 Å². The lowest BCUT2D eigenvalue weighted by molar-refractivity contribution is 0.872. The Morgan fingerprint density at radius 3 is 2.73 bits per heavy atom. The Morgan fingerprint density at radius 2 is 1.91 bits per heavy atom. The van der Waals surface area contributed by atoms with Gasteiger partial charge < -0.3 is 10.7 Å². The van der Waals surface area contributed by atoms with Crippen LogP contribution in [0.3, 0.4) is 0 Å². The zero-order valence-electron chi connectivity index (χ0n) is 12.1. The number of para-hydroxylation sites is 1. The normalized spacial score (nSPS) is 11.1. The number of H-pyrrole nitrogens is 1. The summed E-state index contributed by atoms with van der Waals surface area (Å²) < 4.78 is 1.78. The first-order valence-electron chi connectivity index (χ1n) is 7.08. The molecule has 1 aromatic carbocycles. The van der Waals surface area contributed by atoms with E-state index < -0.39 is 0 Å². The van der Waals surface area contributed by atoms with Gasteiger partial charge >= 0.3 is 0 Å². The second-order valence-corrected chi connectivity index (χ2v) is 5.19. The molecule has 4 aromatic rings. The zero-order chi connectivity index (χ0) is 15.1. The molecule has 0 spiro atoms. The molecule has 0 amide bonds. The van der Waals surface area contributed by atoms with Crippen molar-refractivity contribution in [2.75, 3.05) is 5.73 Å². The van der Waals surface area contributed by atoms with E-state index in [1.165, 1.54) is 0 Å². The van der Waals surface area contributed by atoms with Gasteiger partial charge in [0.1, 0.15) is 11.5 Å². The number of aryl methyl sites for hydroxylation is 1. The first-order chi connectivity index (χ1) is 10.8. The number of nitrogen functional groups attached to an aromatic ring is 1. The lowest BCUT2D eigenvalue weighted by Crippen LogP contribution is -2.02. The number of benzene rings is 1. The second kappa shape index (κ2) is 4.73. The Balaban J connectivity index is 1.97. The molecule has 22 heavy (non-hydrogen) atoms. The molecule has 0 aliphatic carbocycles. The van der Waals surface area contributed by atoms with Crippen molar-refractivity contribution >= 4 is 16.9 Å². The fourth-order valence-corrected chi connectivity index (χ4v) is 2.82. The van der Waals surface area contributed by atoms with Crippen LogP contribution >= 0.6 is 0 Å². The summed E-state index contributed by atoms with van der Waals surface area (Å²) in [6.45, 7) is 1.98. The molecule has 0 aliphatic heterocycles. The zero-order valence-corrected chi connectivity index (χ0v) is 12.1. The van der Waals surface area contributed by atoms with E-state index in [0.29, 0.717) is 5.82 Å². The number of fused-ring (bicyclic) bond motifs is 1. The second-order valence-electron chi connectivity index (χ2n) is 5.19. The predicted octanol–water partition coefficient (Wildman–Crippen LogP) is 3.31. The van der Waals surface area contributed by atoms with E-state index in [-0.39, 0.29) is 0 Å². The molecule has 3 heterocycles. The molecule has 3 N–H and O–H groups in total. The van der Waals surface area contributed by atoms with Crippen LogP contribution in [0.1, 0.15) is 5.69 Å². The number of aromatic amines is 1. The fourth-order valence-electron chi connectivity index (χ4n) is 2.82. The Kier molecular flexibility index (Phi) is 2.72. The molecular weight excluding hydrogens is 274 g/mol. The molecule has 0 fully saturated rings. The number of hydrogen-bond donors (Lipinski definition) is 2. The van der Waals surface area contributed by atoms with Crippen LogP contribution < -0.4 is 5.73 Å². The van der Waals surface area contributed by atoms with Gasteiger partial charge in [0.2, 0.25) is 0 Å². The van der Waals surface area contributed by atoms with Crippen molar-refractivity contribution in [2.24, 2.45) is 0 Å². The standard InChI is InChI=1S/C17H15N5/c1-11-15(13-7-9-19-17-14(13)8-10-20-17)16(18)22(21-11)12-5-3-2-4-6-12/h2-10H,18H2,1H3,(H,19,20). The minimum absolute atomic E-state index is 0.636. The summed E-state index contributed by atoms with van der Waals surface area (Å²) >= 11 is 0. The highest BCUT2D eigenvalue weighted by molar-refractivity contribution is 5.96. The average Bonchev–Trinajstić information content (AvgIpc) is 3.13. The van der Waals surface area contributed by atoms with Crippen LogP contribution in [-0.2, 0) is 0 Å². The summed E-state index contributed by atoms with van der Waals surface area (Å²) in [5, 5.41) is 5.66. The highest BCUT2D eigenvalue weighted by atomic mass is 15.3. The van der Waals surface area contributed by atoms with Gasteiger partial charge in [-0.3, -0.25) is 0 Å². The van der Waals surface area contributed by atoms with Gasteiger partial charge in [0.05, 0.1) is 11.4 Å². The SMILES string of the molecule is Cc1nn(-c2ccccc2)c(N)c1-c1ccnc2[nH]ccc12. The van der Waals surface area contributed by atoms with Gasteiger partial charge in [0.25, 0.3) is 0 Å². The summed E-state index contributed by atoms with van der Waals surface area (Å²) in [7, 11) is 0. The van der Waals surface area contributed by atoms with E-state index in [2.05, 4.69) is 15.1 Å². The van der Waals surface area contributed by atoms with Gasteiger partial charge in [0.15, 0.2) is 0 Å². The Hall–Kier alpha value is -3.08. The summed E-state index contributed by atoms with van der Waals surface area (Å²) in [5.41, 5.74) is 11.1. The van der Waals surface area contributed by atoms with Crippen molar-refractivity contribution in [3.05, 3.63) is 60.6 Å². The van der Waals surface area contributed by atoms with E-state index in [1.54, 1.807) is 10.9 Å². The molecule has 108 valence electrons. The fraction of sp³-hybridized carbons (Fsp3) is 0.0588. The number of pyridine rings is 1. The highest BCUT2D eigenvalue weighted by Gasteiger charge is 2.17. The monoisotopic (exact) mass is 289 g/mol. The molecule has 0 bridgehead atoms. The topological polar surface area (TPSA) is 72.5 Å². The number of anilines is 1. The molecule has 0 aliphatic rings. The van der Waals surface area contributed by atoms with Crippen LogP contribution in [0, 0.1) is 6.92 Å². The molecule has 0 saturated heterocycles. The smallest absolute Gasteiger partial charge is 0.137 e. The number of nitrogens with zero attached hydrogens (tertiary/aromatic N) is 3. The number of nitrogens with two attached hydrogens (primary N) is 1. The van der Waals surface area contributed by atoms with Crippen molar-refractivity contribution in [3.63, 3.8) is 0 Å². The van der Waals surface area contributed by atoms with Crippen LogP contribution in [0.2, 0.25) is 0 Å². The van der Waals surface area contributed by atoms with E-state index in [9.17, 15) is 0 Å². The Morgan fingerprint density at radius 1 is 1.09 bits per heavy atom. The van der Waals surface area contributed by atoms with Gasteiger partial charge in [-0.15, -0.1) is 0 Å². The molecule has 5 heteroatoms. The number of aromatic nitrogens is 4. The average molecular weight is 289 g/mol. The van der Waals surface area contributed by atoms with Crippen molar-refractivity contribution < 1.29 is 0 Å². The number of nitrogens with one attached hydrogen (secondary N) is 1. The maximum Gasteiger partial charge on any atom is 0.137 e. The van der Waals surface area contributed by atoms with E-state index in [1.807, 2.05) is 55.6 Å². The molecular formula is C17H15N5. The molecule has 5 nitrogen and oxygen atoms in total. The third-order valence-corrected chi connectivity index (χ3v) is 3.83. The van der Waals surface area contributed by atoms with Crippen molar-refractivity contribution in [1.29, 1.82) is 0 Å². The largest absolute Gasteiger partial charge is 0.383 e. The minimum Gasteiger partial charge on any atom is -0.383 e. The molecule has 4 rings (SSSR count). The van der Waals surface area contributed by atoms with Crippen molar-refractivity contribution in [3.8, 4) is 16.8 Å². The van der Waals surface area contributed by atoms with Gasteiger partial charge in [-0.25, -0.2) is 9.67 Å². The maximum atomic E-state index is 6.40.